The largest absolute Gasteiger partial charge is 0.385 e. The number of halogens is 1. The maximum Gasteiger partial charge on any atom is 0.239 e. The van der Waals surface area contributed by atoms with Crippen LogP contribution in [-0.4, -0.2) is 114 Å². The molecule has 28 heavy (non-hydrogen) atoms. The van der Waals surface area contributed by atoms with Crippen LogP contribution in [0.25, 0.3) is 0 Å². The molecule has 1 aliphatic rings. The zero-order valence-electron chi connectivity index (χ0n) is 18.4. The van der Waals surface area contributed by atoms with Gasteiger partial charge in [0.15, 0.2) is 5.96 Å². The lowest BCUT2D eigenvalue weighted by Gasteiger charge is -2.26. The van der Waals surface area contributed by atoms with E-state index in [0.717, 1.165) is 77.5 Å². The molecule has 1 fully saturated rings. The number of guanidine groups is 1. The third-order valence-corrected chi connectivity index (χ3v) is 4.90. The summed E-state index contributed by atoms with van der Waals surface area (Å²) >= 11 is 0. The van der Waals surface area contributed by atoms with Crippen LogP contribution in [-0.2, 0) is 9.53 Å². The van der Waals surface area contributed by atoms with Crippen LogP contribution in [0, 0.1) is 0 Å². The van der Waals surface area contributed by atoms with E-state index in [-0.39, 0.29) is 35.9 Å². The summed E-state index contributed by atoms with van der Waals surface area (Å²) in [6.07, 6.45) is 4.13. The Morgan fingerprint density at radius 1 is 1.18 bits per heavy atom. The van der Waals surface area contributed by atoms with Crippen molar-refractivity contribution >= 4 is 35.8 Å². The number of hydrogen-bond acceptors (Lipinski definition) is 5. The van der Waals surface area contributed by atoms with Gasteiger partial charge in [0.05, 0.1) is 6.04 Å². The molecule has 1 unspecified atom stereocenters. The number of nitrogens with zero attached hydrogens (tertiary/aromatic N) is 4. The van der Waals surface area contributed by atoms with Gasteiger partial charge < -0.3 is 25.2 Å². The number of ether oxygens (including phenoxy) is 1. The fraction of sp³-hybridized carbons (Fsp3) is 0.895. The lowest BCUT2D eigenvalue weighted by atomic mass is 10.2. The maximum absolute atomic E-state index is 12.2. The Morgan fingerprint density at radius 2 is 1.89 bits per heavy atom. The molecule has 0 aliphatic carbocycles. The Morgan fingerprint density at radius 3 is 2.54 bits per heavy atom. The molecule has 1 saturated heterocycles. The summed E-state index contributed by atoms with van der Waals surface area (Å²) in [6, 6.07) is 0.0612. The van der Waals surface area contributed by atoms with Gasteiger partial charge in [0, 0.05) is 67.6 Å². The summed E-state index contributed by atoms with van der Waals surface area (Å²) in [5.74, 6) is 1.06. The van der Waals surface area contributed by atoms with Gasteiger partial charge in [0.2, 0.25) is 5.91 Å². The Hall–Kier alpha value is -0.650. The Kier molecular flexibility index (Phi) is 15.8. The first-order valence-corrected chi connectivity index (χ1v) is 10.1. The number of likely N-dealkylation sites (N-methyl/N-ethyl adjacent to an activating group) is 2. The van der Waals surface area contributed by atoms with Crippen molar-refractivity contribution in [1.29, 1.82) is 0 Å². The second kappa shape index (κ2) is 16.2. The summed E-state index contributed by atoms with van der Waals surface area (Å²) in [6.45, 7) is 6.47. The normalized spacial score (nSPS) is 17.5. The second-order valence-electron chi connectivity index (χ2n) is 7.36. The van der Waals surface area contributed by atoms with Crippen molar-refractivity contribution in [3.63, 3.8) is 0 Å². The van der Waals surface area contributed by atoms with Gasteiger partial charge in [-0.1, -0.05) is 0 Å². The van der Waals surface area contributed by atoms with E-state index < -0.39 is 0 Å². The lowest BCUT2D eigenvalue weighted by Crippen LogP contribution is -2.44. The number of rotatable bonds is 12. The van der Waals surface area contributed by atoms with Crippen LogP contribution < -0.4 is 10.6 Å². The molecule has 0 aromatic rings. The topological polar surface area (TPSA) is 72.4 Å². The molecule has 1 amide bonds. The zero-order valence-corrected chi connectivity index (χ0v) is 20.7. The van der Waals surface area contributed by atoms with Gasteiger partial charge in [-0.25, -0.2) is 0 Å². The summed E-state index contributed by atoms with van der Waals surface area (Å²) in [5.41, 5.74) is 0. The quantitative estimate of drug-likeness (QED) is 0.174. The van der Waals surface area contributed by atoms with Crippen LogP contribution in [0.4, 0.5) is 0 Å². The fourth-order valence-electron chi connectivity index (χ4n) is 3.34. The maximum atomic E-state index is 12.2. The van der Waals surface area contributed by atoms with E-state index >= 15 is 0 Å². The molecule has 0 saturated carbocycles. The van der Waals surface area contributed by atoms with E-state index in [2.05, 4.69) is 32.5 Å². The zero-order chi connectivity index (χ0) is 20.1. The summed E-state index contributed by atoms with van der Waals surface area (Å²) in [7, 11) is 9.33. The van der Waals surface area contributed by atoms with Gasteiger partial charge in [-0.05, 0) is 39.3 Å². The number of nitrogens with one attached hydrogen (secondary N) is 2. The summed E-state index contributed by atoms with van der Waals surface area (Å²) < 4.78 is 5.08. The predicted molar refractivity (Wildman–Crippen MR) is 127 cm³/mol. The lowest BCUT2D eigenvalue weighted by molar-refractivity contribution is -0.133. The van der Waals surface area contributed by atoms with Crippen molar-refractivity contribution in [1.82, 2.24) is 25.3 Å². The van der Waals surface area contributed by atoms with Crippen molar-refractivity contribution in [2.45, 2.75) is 31.7 Å². The van der Waals surface area contributed by atoms with Crippen LogP contribution in [0.1, 0.15) is 25.7 Å². The van der Waals surface area contributed by atoms with Gasteiger partial charge in [-0.2, -0.15) is 0 Å². The molecule has 166 valence electrons. The molecule has 1 heterocycles. The highest BCUT2D eigenvalue weighted by Gasteiger charge is 2.30. The Labute approximate surface area is 188 Å². The van der Waals surface area contributed by atoms with Gasteiger partial charge in [0.1, 0.15) is 0 Å². The van der Waals surface area contributed by atoms with Gasteiger partial charge in [0.25, 0.3) is 0 Å². The number of aliphatic imine (C=N–C) groups is 1. The second-order valence-corrected chi connectivity index (χ2v) is 7.36. The van der Waals surface area contributed by atoms with E-state index in [9.17, 15) is 4.79 Å². The standard InChI is InChI=1S/C19H40N6O2.HI/c1-20-19(22-11-15-24(4)12-8-16-27-5)21-10-7-14-25-13-6-9-17(25)18(26)23(2)3;/h17H,6-16H2,1-5H3,(H2,20,21,22);1H. The van der Waals surface area contributed by atoms with Crippen molar-refractivity contribution in [3.05, 3.63) is 0 Å². The first kappa shape index (κ1) is 27.4. The smallest absolute Gasteiger partial charge is 0.239 e. The molecule has 1 rings (SSSR count). The molecular weight excluding hydrogens is 471 g/mol. The SMILES string of the molecule is CN=C(NCCCN1CCCC1C(=O)N(C)C)NCCN(C)CCCOC.I. The van der Waals surface area contributed by atoms with E-state index in [0.29, 0.717) is 0 Å². The molecule has 0 aromatic carbocycles. The Balaban J connectivity index is 0.00000729. The molecule has 0 radical (unpaired) electrons. The average Bonchev–Trinajstić information content (AvgIpc) is 3.11. The fourth-order valence-corrected chi connectivity index (χ4v) is 3.34. The molecule has 2 N–H and O–H groups in total. The van der Waals surface area contributed by atoms with E-state index in [1.54, 1.807) is 19.1 Å². The third kappa shape index (κ3) is 10.8. The molecule has 1 aliphatic heterocycles. The van der Waals surface area contributed by atoms with Crippen LogP contribution in [0.2, 0.25) is 0 Å². The number of carbonyl (C=O) groups is 1. The minimum Gasteiger partial charge on any atom is -0.385 e. The van der Waals surface area contributed by atoms with Crippen LogP contribution in [0.15, 0.2) is 4.99 Å². The molecule has 0 aromatic heterocycles. The summed E-state index contributed by atoms with van der Waals surface area (Å²) in [4.78, 5) is 22.8. The molecule has 9 heteroatoms. The van der Waals surface area contributed by atoms with Crippen molar-refractivity contribution in [3.8, 4) is 0 Å². The minimum absolute atomic E-state index is 0. The molecule has 0 spiro atoms. The number of carbonyl (C=O) groups excluding carboxylic acids is 1. The highest BCUT2D eigenvalue weighted by molar-refractivity contribution is 14.0. The van der Waals surface area contributed by atoms with E-state index in [4.69, 9.17) is 4.74 Å². The van der Waals surface area contributed by atoms with E-state index in [1.807, 2.05) is 14.1 Å². The van der Waals surface area contributed by atoms with Crippen molar-refractivity contribution < 1.29 is 9.53 Å². The van der Waals surface area contributed by atoms with Crippen LogP contribution >= 0.6 is 24.0 Å². The minimum atomic E-state index is 0. The molecule has 1 atom stereocenters. The first-order valence-electron chi connectivity index (χ1n) is 10.1. The number of methoxy groups -OCH3 is 1. The van der Waals surface area contributed by atoms with Crippen molar-refractivity contribution in [2.24, 2.45) is 4.99 Å². The molecule has 8 nitrogen and oxygen atoms in total. The third-order valence-electron chi connectivity index (χ3n) is 4.90. The number of amides is 1. The van der Waals surface area contributed by atoms with Gasteiger partial charge in [-0.3, -0.25) is 14.7 Å². The van der Waals surface area contributed by atoms with E-state index in [1.165, 1.54) is 0 Å². The number of likely N-dealkylation sites (tertiary alicyclic amines) is 1. The van der Waals surface area contributed by atoms with Gasteiger partial charge in [-0.15, -0.1) is 24.0 Å². The van der Waals surface area contributed by atoms with Gasteiger partial charge >= 0.3 is 0 Å². The monoisotopic (exact) mass is 512 g/mol. The predicted octanol–water partition coefficient (Wildman–Crippen LogP) is 0.680. The van der Waals surface area contributed by atoms with Crippen LogP contribution in [0.3, 0.4) is 0 Å². The highest BCUT2D eigenvalue weighted by Crippen LogP contribution is 2.18. The Bertz CT molecular complexity index is 450. The molecular formula is C19H41IN6O2. The molecule has 0 bridgehead atoms. The first-order chi connectivity index (χ1) is 13.0. The summed E-state index contributed by atoms with van der Waals surface area (Å²) in [5, 5.41) is 6.72. The number of hydrogen-bond donors (Lipinski definition) is 2. The van der Waals surface area contributed by atoms with Crippen LogP contribution in [0.5, 0.6) is 0 Å². The van der Waals surface area contributed by atoms with Crippen molar-refractivity contribution in [2.75, 3.05) is 81.2 Å². The average molecular weight is 512 g/mol. The highest BCUT2D eigenvalue weighted by atomic mass is 127.